The Hall–Kier alpha value is -3.17. The van der Waals surface area contributed by atoms with E-state index < -0.39 is 0 Å². The zero-order chi connectivity index (χ0) is 17.9. The Balaban J connectivity index is 1.97. The van der Waals surface area contributed by atoms with Gasteiger partial charge < -0.3 is 5.73 Å². The topological polar surface area (TPSA) is 43.1 Å². The summed E-state index contributed by atoms with van der Waals surface area (Å²) in [5.74, 6) is 0.00309. The van der Waals surface area contributed by atoms with Crippen molar-refractivity contribution in [3.63, 3.8) is 0 Å². The van der Waals surface area contributed by atoms with Crippen molar-refractivity contribution in [1.29, 1.82) is 0 Å². The van der Waals surface area contributed by atoms with Gasteiger partial charge in [-0.2, -0.15) is 0 Å². The number of thiophene rings is 1. The number of hydrogen-bond donors (Lipinski definition) is 1. The van der Waals surface area contributed by atoms with Crippen LogP contribution in [0.25, 0.3) is 22.3 Å². The average molecular weight is 355 g/mol. The molecule has 2 nitrogen and oxygen atoms in total. The first kappa shape index (κ1) is 16.3. The van der Waals surface area contributed by atoms with Gasteiger partial charge in [0.15, 0.2) is 0 Å². The summed E-state index contributed by atoms with van der Waals surface area (Å²) in [5, 5.41) is 0.661. The molecule has 26 heavy (non-hydrogen) atoms. The highest BCUT2D eigenvalue weighted by Gasteiger charge is 2.24. The molecule has 4 aromatic rings. The van der Waals surface area contributed by atoms with Gasteiger partial charge in [-0.1, -0.05) is 91.0 Å². The van der Waals surface area contributed by atoms with Crippen LogP contribution in [0.2, 0.25) is 0 Å². The van der Waals surface area contributed by atoms with Gasteiger partial charge in [-0.25, -0.2) is 0 Å². The molecule has 0 spiro atoms. The second kappa shape index (κ2) is 6.98. The van der Waals surface area contributed by atoms with Gasteiger partial charge >= 0.3 is 0 Å². The number of rotatable bonds is 4. The summed E-state index contributed by atoms with van der Waals surface area (Å²) in [6, 6.07) is 29.3. The first-order valence-electron chi connectivity index (χ1n) is 8.38. The summed E-state index contributed by atoms with van der Waals surface area (Å²) in [7, 11) is 0. The Morgan fingerprint density at radius 1 is 0.654 bits per heavy atom. The number of ketones is 1. The quantitative estimate of drug-likeness (QED) is 0.463. The molecule has 4 rings (SSSR count). The van der Waals surface area contributed by atoms with Gasteiger partial charge in [0.1, 0.15) is 0 Å². The molecular formula is C23H17NOS. The molecule has 126 valence electrons. The molecule has 0 radical (unpaired) electrons. The maximum Gasteiger partial charge on any atom is 0.203 e. The van der Waals surface area contributed by atoms with E-state index in [4.69, 9.17) is 5.73 Å². The summed E-state index contributed by atoms with van der Waals surface area (Å²) in [6.07, 6.45) is 0. The molecule has 1 heterocycles. The monoisotopic (exact) mass is 355 g/mol. The smallest absolute Gasteiger partial charge is 0.203 e. The van der Waals surface area contributed by atoms with Gasteiger partial charge in [-0.3, -0.25) is 4.79 Å². The average Bonchev–Trinajstić information content (AvgIpc) is 3.06. The molecule has 0 amide bonds. The summed E-state index contributed by atoms with van der Waals surface area (Å²) >= 11 is 1.36. The summed E-state index contributed by atoms with van der Waals surface area (Å²) in [6.45, 7) is 0. The predicted octanol–water partition coefficient (Wildman–Crippen LogP) is 5.90. The second-order valence-electron chi connectivity index (χ2n) is 5.97. The van der Waals surface area contributed by atoms with E-state index in [2.05, 4.69) is 0 Å². The molecule has 0 atom stereocenters. The molecule has 0 fully saturated rings. The van der Waals surface area contributed by atoms with E-state index in [9.17, 15) is 4.79 Å². The van der Waals surface area contributed by atoms with Crippen LogP contribution in [0, 0.1) is 0 Å². The van der Waals surface area contributed by atoms with E-state index in [0.717, 1.165) is 22.3 Å². The lowest BCUT2D eigenvalue weighted by atomic mass is 9.94. The van der Waals surface area contributed by atoms with E-state index in [1.807, 2.05) is 91.0 Å². The molecule has 0 aliphatic heterocycles. The summed E-state index contributed by atoms with van der Waals surface area (Å²) < 4.78 is 0. The van der Waals surface area contributed by atoms with Crippen molar-refractivity contribution in [1.82, 2.24) is 0 Å². The van der Waals surface area contributed by atoms with Crippen LogP contribution >= 0.6 is 11.3 Å². The molecule has 1 aromatic heterocycles. The lowest BCUT2D eigenvalue weighted by molar-refractivity contribution is 0.104. The van der Waals surface area contributed by atoms with Gasteiger partial charge in [0.25, 0.3) is 0 Å². The first-order chi connectivity index (χ1) is 12.8. The maximum atomic E-state index is 13.2. The Morgan fingerprint density at radius 3 is 1.65 bits per heavy atom. The molecule has 0 aliphatic carbocycles. The Bertz CT molecular complexity index is 1040. The van der Waals surface area contributed by atoms with Gasteiger partial charge in [0.05, 0.1) is 9.88 Å². The molecule has 0 saturated heterocycles. The van der Waals surface area contributed by atoms with Gasteiger partial charge in [0.2, 0.25) is 5.78 Å². The molecule has 0 aliphatic rings. The molecule has 2 N–H and O–H groups in total. The number of hydrogen-bond acceptors (Lipinski definition) is 3. The standard InChI is InChI=1S/C23H17NOS/c24-23-20(17-12-6-2-7-13-17)19(16-10-4-1-5-11-16)22(26-23)21(25)18-14-8-3-9-15-18/h1-15H,24H2. The minimum absolute atomic E-state index is 0.00309. The van der Waals surface area contributed by atoms with Gasteiger partial charge in [0, 0.05) is 16.7 Å². The van der Waals surface area contributed by atoms with Crippen molar-refractivity contribution < 1.29 is 4.79 Å². The number of carbonyl (C=O) groups is 1. The maximum absolute atomic E-state index is 13.2. The largest absolute Gasteiger partial charge is 0.390 e. The molecule has 0 saturated carbocycles. The third kappa shape index (κ3) is 2.93. The molecule has 0 bridgehead atoms. The van der Waals surface area contributed by atoms with E-state index in [1.54, 1.807) is 0 Å². The summed E-state index contributed by atoms with van der Waals surface area (Å²) in [4.78, 5) is 13.9. The van der Waals surface area contributed by atoms with Crippen LogP contribution in [-0.2, 0) is 0 Å². The SMILES string of the molecule is Nc1sc(C(=O)c2ccccc2)c(-c2ccccc2)c1-c1ccccc1. The Labute approximate surface area is 156 Å². The highest BCUT2D eigenvalue weighted by molar-refractivity contribution is 7.19. The first-order valence-corrected chi connectivity index (χ1v) is 9.20. The minimum atomic E-state index is 0.00309. The van der Waals surface area contributed by atoms with Crippen LogP contribution in [0.1, 0.15) is 15.2 Å². The number of anilines is 1. The predicted molar refractivity (Wildman–Crippen MR) is 109 cm³/mol. The number of benzene rings is 3. The lowest BCUT2D eigenvalue weighted by Crippen LogP contribution is -2.00. The van der Waals surface area contributed by atoms with Crippen molar-refractivity contribution in [3.05, 3.63) is 101 Å². The van der Waals surface area contributed by atoms with Gasteiger partial charge in [-0.05, 0) is 11.1 Å². The zero-order valence-electron chi connectivity index (χ0n) is 14.1. The van der Waals surface area contributed by atoms with E-state index in [1.165, 1.54) is 11.3 Å². The van der Waals surface area contributed by atoms with Crippen molar-refractivity contribution in [2.24, 2.45) is 0 Å². The highest BCUT2D eigenvalue weighted by atomic mass is 32.1. The molecular weight excluding hydrogens is 338 g/mol. The van der Waals surface area contributed by atoms with Crippen LogP contribution in [0.4, 0.5) is 5.00 Å². The number of carbonyl (C=O) groups excluding carboxylic acids is 1. The fourth-order valence-electron chi connectivity index (χ4n) is 3.10. The lowest BCUT2D eigenvalue weighted by Gasteiger charge is -2.09. The third-order valence-corrected chi connectivity index (χ3v) is 5.32. The fraction of sp³-hybridized carbons (Fsp3) is 0. The Kier molecular flexibility index (Phi) is 4.38. The van der Waals surface area contributed by atoms with Crippen LogP contribution in [0.5, 0.6) is 0 Å². The van der Waals surface area contributed by atoms with Crippen LogP contribution in [-0.4, -0.2) is 5.78 Å². The molecule has 3 heteroatoms. The van der Waals surface area contributed by atoms with Crippen molar-refractivity contribution in [2.75, 3.05) is 5.73 Å². The Morgan fingerprint density at radius 2 is 1.12 bits per heavy atom. The zero-order valence-corrected chi connectivity index (χ0v) is 14.9. The van der Waals surface area contributed by atoms with Gasteiger partial charge in [-0.15, -0.1) is 11.3 Å². The highest BCUT2D eigenvalue weighted by Crippen LogP contribution is 2.45. The molecule has 0 unspecified atom stereocenters. The summed E-state index contributed by atoms with van der Waals surface area (Å²) in [5.41, 5.74) is 10.9. The van der Waals surface area contributed by atoms with Crippen LogP contribution in [0.15, 0.2) is 91.0 Å². The van der Waals surface area contributed by atoms with Crippen LogP contribution in [0.3, 0.4) is 0 Å². The molecule has 3 aromatic carbocycles. The van der Waals surface area contributed by atoms with E-state index >= 15 is 0 Å². The number of nitrogen functional groups attached to an aromatic ring is 1. The van der Waals surface area contributed by atoms with E-state index in [0.29, 0.717) is 15.4 Å². The number of nitrogens with two attached hydrogens (primary N) is 1. The fourth-order valence-corrected chi connectivity index (χ4v) is 4.18. The van der Waals surface area contributed by atoms with E-state index in [-0.39, 0.29) is 5.78 Å². The van der Waals surface area contributed by atoms with Crippen molar-refractivity contribution in [3.8, 4) is 22.3 Å². The third-order valence-electron chi connectivity index (χ3n) is 4.30. The second-order valence-corrected chi connectivity index (χ2v) is 7.02. The van der Waals surface area contributed by atoms with Crippen molar-refractivity contribution >= 4 is 22.1 Å². The normalized spacial score (nSPS) is 10.6. The minimum Gasteiger partial charge on any atom is -0.390 e. The van der Waals surface area contributed by atoms with Crippen molar-refractivity contribution in [2.45, 2.75) is 0 Å². The van der Waals surface area contributed by atoms with Crippen LogP contribution < -0.4 is 5.73 Å².